The van der Waals surface area contributed by atoms with Gasteiger partial charge >= 0.3 is 0 Å². The molecular weight excluding hydrogens is 709 g/mol. The zero-order valence-electron chi connectivity index (χ0n) is 32.7. The Hall–Kier alpha value is -6.89. The highest BCUT2D eigenvalue weighted by Crippen LogP contribution is 2.54. The molecule has 0 radical (unpaired) electrons. The summed E-state index contributed by atoms with van der Waals surface area (Å²) in [5.41, 5.74) is 10.8. The fourth-order valence-electron chi connectivity index (χ4n) is 10.5. The Kier molecular flexibility index (Phi) is 8.72. The van der Waals surface area contributed by atoms with Crippen LogP contribution in [0, 0.1) is 40.4 Å². The predicted molar refractivity (Wildman–Crippen MR) is 232 cm³/mol. The van der Waals surface area contributed by atoms with E-state index in [2.05, 4.69) is 122 Å². The van der Waals surface area contributed by atoms with Gasteiger partial charge in [-0.3, -0.25) is 0 Å². The second-order valence-electron chi connectivity index (χ2n) is 16.8. The summed E-state index contributed by atoms with van der Waals surface area (Å²) >= 11 is 0. The zero-order valence-corrected chi connectivity index (χ0v) is 32.7. The molecule has 2 fully saturated rings. The maximum atomic E-state index is 9.64. The average molecular weight is 751 g/mol. The van der Waals surface area contributed by atoms with Crippen molar-refractivity contribution >= 4 is 21.8 Å². The Morgan fingerprint density at radius 2 is 1.03 bits per heavy atom. The van der Waals surface area contributed by atoms with Gasteiger partial charge in [-0.15, -0.1) is 0 Å². The van der Waals surface area contributed by atoms with Crippen LogP contribution in [-0.4, -0.2) is 19.5 Å². The van der Waals surface area contributed by atoms with Gasteiger partial charge in [-0.05, 0) is 120 Å². The summed E-state index contributed by atoms with van der Waals surface area (Å²) in [6, 6.07) is 52.4. The SMILES string of the molecule is C[C@@H]1C[C@@H]2C[C@H](C)CC(c3ccc(-c4ccc(-n5c6ccccc6c6ccc(-c7nc(-c8cccc(C#N)c8)nc(-c8cccc(C#N)c8)n7)cc65)cc4)cc3)(C1)C2. The minimum absolute atomic E-state index is 0.327. The molecule has 0 saturated heterocycles. The van der Waals surface area contributed by atoms with Crippen molar-refractivity contribution < 1.29 is 0 Å². The number of benzene rings is 6. The van der Waals surface area contributed by atoms with Gasteiger partial charge in [0.05, 0.1) is 34.3 Å². The number of nitriles is 2. The molecule has 0 spiro atoms. The van der Waals surface area contributed by atoms with Crippen molar-refractivity contribution in [2.24, 2.45) is 17.8 Å². The second-order valence-corrected chi connectivity index (χ2v) is 16.8. The number of rotatable bonds is 6. The molecule has 2 aliphatic rings. The first-order chi connectivity index (χ1) is 28.4. The number of para-hydroxylation sites is 1. The van der Waals surface area contributed by atoms with Gasteiger partial charge in [-0.25, -0.2) is 15.0 Å². The molecule has 2 aliphatic carbocycles. The Bertz CT molecular complexity index is 2850. The molecular formula is C52H42N6. The number of hydrogen-bond donors (Lipinski definition) is 0. The molecule has 2 saturated carbocycles. The summed E-state index contributed by atoms with van der Waals surface area (Å²) in [5.74, 6) is 3.86. The number of hydrogen-bond acceptors (Lipinski definition) is 5. The highest BCUT2D eigenvalue weighted by molar-refractivity contribution is 6.10. The lowest BCUT2D eigenvalue weighted by Gasteiger charge is -2.50. The van der Waals surface area contributed by atoms with Gasteiger partial charge in [-0.2, -0.15) is 10.5 Å². The van der Waals surface area contributed by atoms with E-state index in [1.54, 1.807) is 24.3 Å². The molecule has 6 aromatic carbocycles. The molecule has 0 amide bonds. The van der Waals surface area contributed by atoms with E-state index in [1.165, 1.54) is 48.8 Å². The standard InChI is InChI=1S/C52H42N6/c1-33-23-37-24-34(2)29-52(28-33,30-37)43-18-13-38(14-19-43)39-15-20-44(21-16-39)58-47-12-4-3-11-45(47)46-22-17-42(27-48(46)58)51-56-49(40-9-5-7-35(25-40)31-53)55-50(57-51)41-10-6-8-36(26-41)32-54/h3-22,25-27,33-34,37H,23-24,28-30H2,1-2H3/t33-,34+,37-,52?. The molecule has 6 nitrogen and oxygen atoms in total. The van der Waals surface area contributed by atoms with Crippen LogP contribution >= 0.6 is 0 Å². The summed E-state index contributed by atoms with van der Waals surface area (Å²) in [4.78, 5) is 14.8. The van der Waals surface area contributed by atoms with E-state index in [4.69, 9.17) is 15.0 Å². The molecule has 4 atom stereocenters. The third kappa shape index (κ3) is 6.32. The molecule has 1 unspecified atom stereocenters. The molecule has 280 valence electrons. The fourth-order valence-corrected chi connectivity index (χ4v) is 10.5. The van der Waals surface area contributed by atoms with Crippen molar-refractivity contribution in [2.75, 3.05) is 0 Å². The van der Waals surface area contributed by atoms with Gasteiger partial charge in [0, 0.05) is 33.2 Å². The molecule has 0 aliphatic heterocycles. The zero-order chi connectivity index (χ0) is 39.4. The van der Waals surface area contributed by atoms with Gasteiger partial charge in [0.1, 0.15) is 0 Å². The smallest absolute Gasteiger partial charge is 0.164 e. The maximum Gasteiger partial charge on any atom is 0.164 e. The Morgan fingerprint density at radius 3 is 1.62 bits per heavy atom. The van der Waals surface area contributed by atoms with Gasteiger partial charge in [-0.1, -0.05) is 105 Å². The summed E-state index contributed by atoms with van der Waals surface area (Å²) in [7, 11) is 0. The third-order valence-electron chi connectivity index (χ3n) is 12.7. The minimum Gasteiger partial charge on any atom is -0.309 e. The normalized spacial score (nSPS) is 20.1. The summed E-state index contributed by atoms with van der Waals surface area (Å²) in [6.07, 6.45) is 6.75. The maximum absolute atomic E-state index is 9.64. The van der Waals surface area contributed by atoms with Crippen molar-refractivity contribution in [3.63, 3.8) is 0 Å². The fraction of sp³-hybridized carbons (Fsp3) is 0.212. The van der Waals surface area contributed by atoms with Crippen LogP contribution in [0.25, 0.3) is 72.8 Å². The van der Waals surface area contributed by atoms with E-state index in [1.807, 2.05) is 24.3 Å². The minimum atomic E-state index is 0.327. The summed E-state index contributed by atoms with van der Waals surface area (Å²) in [6.45, 7) is 4.92. The lowest BCUT2D eigenvalue weighted by atomic mass is 9.54. The van der Waals surface area contributed by atoms with Gasteiger partial charge in [0.15, 0.2) is 17.5 Å². The predicted octanol–water partition coefficient (Wildman–Crippen LogP) is 12.5. The van der Waals surface area contributed by atoms with E-state index in [-0.39, 0.29) is 0 Å². The molecule has 0 N–H and O–H groups in total. The highest BCUT2D eigenvalue weighted by atomic mass is 15.0. The molecule has 2 heterocycles. The van der Waals surface area contributed by atoms with Crippen LogP contribution in [0.2, 0.25) is 0 Å². The largest absolute Gasteiger partial charge is 0.309 e. The quantitative estimate of drug-likeness (QED) is 0.169. The van der Waals surface area contributed by atoms with Crippen molar-refractivity contribution in [3.05, 3.63) is 156 Å². The van der Waals surface area contributed by atoms with Gasteiger partial charge in [0.2, 0.25) is 0 Å². The van der Waals surface area contributed by atoms with Crippen molar-refractivity contribution in [3.8, 4) is 63.1 Å². The molecule has 8 aromatic rings. The van der Waals surface area contributed by atoms with Crippen molar-refractivity contribution in [1.29, 1.82) is 10.5 Å². The van der Waals surface area contributed by atoms with E-state index in [9.17, 15) is 10.5 Å². The molecule has 2 bridgehead atoms. The van der Waals surface area contributed by atoms with Crippen LogP contribution in [0.5, 0.6) is 0 Å². The van der Waals surface area contributed by atoms with E-state index < -0.39 is 0 Å². The summed E-state index contributed by atoms with van der Waals surface area (Å²) < 4.78 is 2.32. The highest BCUT2D eigenvalue weighted by Gasteiger charge is 2.45. The lowest BCUT2D eigenvalue weighted by Crippen LogP contribution is -2.42. The topological polar surface area (TPSA) is 91.2 Å². The van der Waals surface area contributed by atoms with E-state index in [0.717, 1.165) is 50.8 Å². The molecule has 58 heavy (non-hydrogen) atoms. The van der Waals surface area contributed by atoms with Crippen LogP contribution in [0.4, 0.5) is 0 Å². The third-order valence-corrected chi connectivity index (χ3v) is 12.7. The first kappa shape index (κ1) is 35.5. The van der Waals surface area contributed by atoms with Crippen molar-refractivity contribution in [2.45, 2.75) is 51.4 Å². The number of aromatic nitrogens is 4. The van der Waals surface area contributed by atoms with Crippen molar-refractivity contribution in [1.82, 2.24) is 19.5 Å². The van der Waals surface area contributed by atoms with Crippen LogP contribution in [-0.2, 0) is 5.41 Å². The Morgan fingerprint density at radius 1 is 0.517 bits per heavy atom. The van der Waals surface area contributed by atoms with Crippen LogP contribution in [0.3, 0.4) is 0 Å². The summed E-state index contributed by atoms with van der Waals surface area (Å²) in [5, 5.41) is 21.6. The number of fused-ring (bicyclic) bond motifs is 5. The molecule has 10 rings (SSSR count). The van der Waals surface area contributed by atoms with E-state index in [0.29, 0.717) is 45.1 Å². The monoisotopic (exact) mass is 750 g/mol. The van der Waals surface area contributed by atoms with Crippen LogP contribution in [0.1, 0.15) is 62.6 Å². The molecule has 6 heteroatoms. The molecule has 2 aromatic heterocycles. The van der Waals surface area contributed by atoms with Crippen LogP contribution in [0.15, 0.2) is 140 Å². The Balaban J connectivity index is 1.04. The van der Waals surface area contributed by atoms with Crippen LogP contribution < -0.4 is 0 Å². The van der Waals surface area contributed by atoms with Gasteiger partial charge in [0.25, 0.3) is 0 Å². The first-order valence-electron chi connectivity index (χ1n) is 20.4. The lowest BCUT2D eigenvalue weighted by molar-refractivity contribution is 0.0780. The second kappa shape index (κ2) is 14.2. The Labute approximate surface area is 339 Å². The average Bonchev–Trinajstić information content (AvgIpc) is 3.59. The number of nitrogens with zero attached hydrogens (tertiary/aromatic N) is 6. The first-order valence-corrected chi connectivity index (χ1v) is 20.4. The van der Waals surface area contributed by atoms with E-state index >= 15 is 0 Å². The van der Waals surface area contributed by atoms with Gasteiger partial charge < -0.3 is 4.57 Å².